The highest BCUT2D eigenvalue weighted by Crippen LogP contribution is 2.33. The maximum Gasteiger partial charge on any atom is 0.416 e. The van der Waals surface area contributed by atoms with Crippen LogP contribution < -0.4 is 0 Å². The van der Waals surface area contributed by atoms with Gasteiger partial charge in [-0.2, -0.15) is 22.0 Å². The summed E-state index contributed by atoms with van der Waals surface area (Å²) in [6.07, 6.45) is -4.92. The van der Waals surface area contributed by atoms with Gasteiger partial charge in [0.2, 0.25) is 5.78 Å². The zero-order valence-corrected chi connectivity index (χ0v) is 9.37. The van der Waals surface area contributed by atoms with Gasteiger partial charge in [-0.1, -0.05) is 0 Å². The number of alkyl halides is 6. The van der Waals surface area contributed by atoms with E-state index in [2.05, 4.69) is 0 Å². The molecule has 0 aliphatic carbocycles. The Labute approximate surface area is 99.5 Å². The van der Waals surface area contributed by atoms with E-state index in [-0.39, 0.29) is 12.1 Å². The topological polar surface area (TPSA) is 17.1 Å². The molecule has 0 amide bonds. The molecule has 1 aromatic rings. The van der Waals surface area contributed by atoms with Crippen LogP contribution in [0.15, 0.2) is 18.2 Å². The first kappa shape index (κ1) is 14.0. The van der Waals surface area contributed by atoms with Gasteiger partial charge in [0.25, 0.3) is 0 Å². The van der Waals surface area contributed by atoms with Gasteiger partial charge in [-0.05, 0) is 34.1 Å². The number of hydrogen-bond donors (Lipinski definition) is 0. The second kappa shape index (κ2) is 4.32. The van der Waals surface area contributed by atoms with E-state index < -0.39 is 33.7 Å². The molecule has 0 aromatic heterocycles. The average molecular weight is 321 g/mol. The molecule has 0 spiro atoms. The van der Waals surface area contributed by atoms with Crippen molar-refractivity contribution in [3.05, 3.63) is 35.1 Å². The highest BCUT2D eigenvalue weighted by molar-refractivity contribution is 9.10. The molecule has 1 aromatic carbocycles. The molecule has 0 heterocycles. The van der Waals surface area contributed by atoms with Gasteiger partial charge in [-0.3, -0.25) is 4.79 Å². The van der Waals surface area contributed by atoms with Gasteiger partial charge < -0.3 is 0 Å². The quantitative estimate of drug-likeness (QED) is 0.457. The zero-order valence-electron chi connectivity index (χ0n) is 7.79. The fourth-order valence-corrected chi connectivity index (χ4v) is 1.28. The lowest BCUT2D eigenvalue weighted by Gasteiger charge is -2.11. The van der Waals surface area contributed by atoms with Crippen LogP contribution in [0.1, 0.15) is 15.9 Å². The Hall–Kier alpha value is -1.05. The van der Waals surface area contributed by atoms with Gasteiger partial charge in [0.05, 0.1) is 5.56 Å². The summed E-state index contributed by atoms with van der Waals surface area (Å²) in [6, 6.07) is 0.594. The second-order valence-electron chi connectivity index (χ2n) is 3.05. The van der Waals surface area contributed by atoms with Crippen molar-refractivity contribution in [1.29, 1.82) is 0 Å². The Morgan fingerprint density at radius 3 is 2.00 bits per heavy atom. The van der Waals surface area contributed by atoms with E-state index in [0.717, 1.165) is 0 Å². The number of benzene rings is 1. The van der Waals surface area contributed by atoms with E-state index in [1.807, 2.05) is 0 Å². The summed E-state index contributed by atoms with van der Waals surface area (Å²) < 4.78 is 74.5. The molecule has 0 fully saturated rings. The Balaban J connectivity index is 3.29. The monoisotopic (exact) mass is 320 g/mol. The van der Waals surface area contributed by atoms with E-state index in [0.29, 0.717) is 6.07 Å². The molecule has 0 bridgehead atoms. The van der Waals surface area contributed by atoms with Crippen molar-refractivity contribution in [2.45, 2.75) is 11.0 Å². The van der Waals surface area contributed by atoms with Gasteiger partial charge in [0.1, 0.15) is 5.82 Å². The third-order valence-corrected chi connectivity index (χ3v) is 2.10. The van der Waals surface area contributed by atoms with E-state index in [1.165, 1.54) is 0 Å². The van der Waals surface area contributed by atoms with Crippen LogP contribution in [0.4, 0.5) is 26.3 Å². The number of ketones is 1. The molecule has 0 saturated carbocycles. The van der Waals surface area contributed by atoms with Crippen molar-refractivity contribution in [3.8, 4) is 0 Å². The van der Waals surface area contributed by atoms with Crippen LogP contribution in [-0.2, 0) is 6.18 Å². The molecule has 17 heavy (non-hydrogen) atoms. The fraction of sp³-hybridized carbons (Fsp3) is 0.222. The predicted octanol–water partition coefficient (Wildman–Crippen LogP) is 4.01. The first-order valence-corrected chi connectivity index (χ1v) is 4.80. The zero-order chi connectivity index (χ0) is 13.4. The number of halogens is 7. The lowest BCUT2D eigenvalue weighted by molar-refractivity contribution is -0.137. The summed E-state index contributed by atoms with van der Waals surface area (Å²) in [5.41, 5.74) is -2.56. The van der Waals surface area contributed by atoms with Crippen LogP contribution in [0.25, 0.3) is 0 Å². The van der Waals surface area contributed by atoms with Crippen LogP contribution in [0.3, 0.4) is 0 Å². The molecule has 0 saturated heterocycles. The van der Waals surface area contributed by atoms with Crippen molar-refractivity contribution in [2.75, 3.05) is 0 Å². The Kier molecular flexibility index (Phi) is 3.56. The van der Waals surface area contributed by atoms with E-state index in [9.17, 15) is 31.1 Å². The molecule has 0 aliphatic heterocycles. The van der Waals surface area contributed by atoms with Crippen molar-refractivity contribution in [2.24, 2.45) is 0 Å². The minimum absolute atomic E-state index is 0.114. The SMILES string of the molecule is O=C(c1cc(F)cc(C(F)(F)F)c1)C(F)(F)Br. The van der Waals surface area contributed by atoms with Crippen LogP contribution in [0, 0.1) is 5.82 Å². The molecule has 1 nitrogen and oxygen atoms in total. The number of hydrogen-bond acceptors (Lipinski definition) is 1. The van der Waals surface area contributed by atoms with Crippen LogP contribution >= 0.6 is 15.9 Å². The molecule has 0 atom stereocenters. The summed E-state index contributed by atoms with van der Waals surface area (Å²) in [5.74, 6) is -3.36. The molecule has 0 radical (unpaired) electrons. The lowest BCUT2D eigenvalue weighted by atomic mass is 10.1. The number of rotatable bonds is 2. The molecule has 0 aliphatic rings. The van der Waals surface area contributed by atoms with Gasteiger partial charge in [-0.15, -0.1) is 0 Å². The maximum atomic E-state index is 12.8. The van der Waals surface area contributed by atoms with Crippen molar-refractivity contribution in [1.82, 2.24) is 0 Å². The third kappa shape index (κ3) is 3.45. The van der Waals surface area contributed by atoms with Gasteiger partial charge in [0, 0.05) is 5.56 Å². The molecule has 94 valence electrons. The highest BCUT2D eigenvalue weighted by atomic mass is 79.9. The van der Waals surface area contributed by atoms with E-state index in [4.69, 9.17) is 0 Å². The van der Waals surface area contributed by atoms with Gasteiger partial charge in [0.15, 0.2) is 0 Å². The largest absolute Gasteiger partial charge is 0.416 e. The summed E-state index contributed by atoms with van der Waals surface area (Å²) in [5, 5.41) is 0. The lowest BCUT2D eigenvalue weighted by Crippen LogP contribution is -2.21. The highest BCUT2D eigenvalue weighted by Gasteiger charge is 2.38. The van der Waals surface area contributed by atoms with E-state index >= 15 is 0 Å². The molecular weight excluding hydrogens is 318 g/mol. The minimum Gasteiger partial charge on any atom is -0.286 e. The standard InChI is InChI=1S/C9H3BrF6O/c10-8(12,13)7(17)4-1-5(9(14,15)16)3-6(11)2-4/h1-3H. The van der Waals surface area contributed by atoms with Crippen LogP contribution in [0.2, 0.25) is 0 Å². The Morgan fingerprint density at radius 1 is 1.06 bits per heavy atom. The van der Waals surface area contributed by atoms with Crippen LogP contribution in [-0.4, -0.2) is 10.6 Å². The third-order valence-electron chi connectivity index (χ3n) is 1.74. The van der Waals surface area contributed by atoms with Gasteiger partial charge in [-0.25, -0.2) is 4.39 Å². The summed E-state index contributed by atoms with van der Waals surface area (Å²) in [4.78, 5) is 6.93. The normalized spacial score (nSPS) is 12.6. The molecule has 0 N–H and O–H groups in total. The first-order valence-electron chi connectivity index (χ1n) is 4.01. The van der Waals surface area contributed by atoms with Crippen LogP contribution in [0.5, 0.6) is 0 Å². The Bertz CT molecular complexity index is 448. The fourth-order valence-electron chi connectivity index (χ4n) is 1.05. The summed E-state index contributed by atoms with van der Waals surface area (Å²) >= 11 is 1.69. The smallest absolute Gasteiger partial charge is 0.286 e. The first-order chi connectivity index (χ1) is 7.51. The van der Waals surface area contributed by atoms with Crippen molar-refractivity contribution in [3.63, 3.8) is 0 Å². The number of carbonyl (C=O) groups excluding carboxylic acids is 1. The molecule has 1 rings (SSSR count). The predicted molar refractivity (Wildman–Crippen MR) is 49.6 cm³/mol. The van der Waals surface area contributed by atoms with E-state index in [1.54, 1.807) is 15.9 Å². The number of carbonyl (C=O) groups is 1. The number of Topliss-reactive ketones (excluding diaryl/α,β-unsaturated/α-hetero) is 1. The van der Waals surface area contributed by atoms with Crippen molar-refractivity contribution < 1.29 is 31.1 Å². The maximum absolute atomic E-state index is 12.8. The molecule has 0 unspecified atom stereocenters. The molecular formula is C9H3BrF6O. The average Bonchev–Trinajstić information content (AvgIpc) is 2.12. The Morgan fingerprint density at radius 2 is 1.59 bits per heavy atom. The van der Waals surface area contributed by atoms with Gasteiger partial charge >= 0.3 is 11.0 Å². The van der Waals surface area contributed by atoms with Crippen molar-refractivity contribution >= 4 is 21.7 Å². The molecule has 8 heteroatoms. The second-order valence-corrected chi connectivity index (χ2v) is 4.05. The minimum atomic E-state index is -4.92. The summed E-state index contributed by atoms with van der Waals surface area (Å²) in [6.45, 7) is 0. The summed E-state index contributed by atoms with van der Waals surface area (Å²) in [7, 11) is 0.